The Morgan fingerprint density at radius 2 is 1.85 bits per heavy atom. The van der Waals surface area contributed by atoms with Gasteiger partial charge in [-0.15, -0.1) is 11.3 Å². The first-order valence-electron chi connectivity index (χ1n) is 10.2. The van der Waals surface area contributed by atoms with Crippen molar-refractivity contribution in [2.45, 2.75) is 25.4 Å². The number of amides is 2. The van der Waals surface area contributed by atoms with Crippen LogP contribution in [0.5, 0.6) is 0 Å². The normalized spacial score (nSPS) is 15.3. The Morgan fingerprint density at radius 1 is 1.15 bits per heavy atom. The predicted octanol–water partition coefficient (Wildman–Crippen LogP) is 5.59. The number of fused-ring (bicyclic) bond motifs is 1. The number of hydrogen-bond acceptors (Lipinski definition) is 5. The molecule has 4 rings (SSSR count). The van der Waals surface area contributed by atoms with E-state index in [9.17, 15) is 27.6 Å². The number of benzene rings is 2. The van der Waals surface area contributed by atoms with Crippen molar-refractivity contribution in [2.75, 3.05) is 17.7 Å². The van der Waals surface area contributed by atoms with Crippen molar-refractivity contribution >= 4 is 39.8 Å². The number of alkyl halides is 3. The van der Waals surface area contributed by atoms with Crippen molar-refractivity contribution in [1.29, 1.82) is 0 Å². The average Bonchev–Trinajstić information content (AvgIpc) is 3.14. The highest BCUT2D eigenvalue weighted by atomic mass is 32.1. The van der Waals surface area contributed by atoms with Gasteiger partial charge in [0.25, 0.3) is 5.91 Å². The molecule has 10 heteroatoms. The first-order valence-corrected chi connectivity index (χ1v) is 11.0. The van der Waals surface area contributed by atoms with Gasteiger partial charge in [-0.2, -0.15) is 13.2 Å². The molecule has 0 unspecified atom stereocenters. The third-order valence-corrected chi connectivity index (χ3v) is 6.79. The van der Waals surface area contributed by atoms with Crippen molar-refractivity contribution in [2.24, 2.45) is 0 Å². The van der Waals surface area contributed by atoms with Gasteiger partial charge in [-0.1, -0.05) is 18.2 Å². The number of methoxy groups -OCH3 is 1. The summed E-state index contributed by atoms with van der Waals surface area (Å²) in [6.07, 6.45) is -4.38. The number of carbonyl (C=O) groups is 3. The summed E-state index contributed by atoms with van der Waals surface area (Å²) in [5.41, 5.74) is 1.71. The summed E-state index contributed by atoms with van der Waals surface area (Å²) >= 11 is 1.07. The van der Waals surface area contributed by atoms with E-state index in [1.807, 2.05) is 0 Å². The fourth-order valence-corrected chi connectivity index (χ4v) is 5.12. The van der Waals surface area contributed by atoms with Gasteiger partial charge in [-0.05, 0) is 53.9 Å². The molecule has 0 saturated carbocycles. The molecule has 2 heterocycles. The molecule has 2 amide bonds. The highest BCUT2D eigenvalue weighted by Gasteiger charge is 2.33. The molecular weight excluding hydrogens is 469 g/mol. The van der Waals surface area contributed by atoms with Crippen LogP contribution in [-0.4, -0.2) is 24.9 Å². The van der Waals surface area contributed by atoms with E-state index in [1.165, 1.54) is 19.2 Å². The van der Waals surface area contributed by atoms with Gasteiger partial charge in [0.1, 0.15) is 0 Å². The first-order chi connectivity index (χ1) is 16.1. The van der Waals surface area contributed by atoms with Crippen LogP contribution in [0.3, 0.4) is 0 Å². The second-order valence-electron chi connectivity index (χ2n) is 7.75. The maximum Gasteiger partial charge on any atom is 0.416 e. The molecule has 0 bridgehead atoms. The van der Waals surface area contributed by atoms with Gasteiger partial charge in [0.05, 0.1) is 28.1 Å². The van der Waals surface area contributed by atoms with Crippen LogP contribution in [-0.2, 0) is 15.7 Å². The summed E-state index contributed by atoms with van der Waals surface area (Å²) in [4.78, 5) is 37.3. The number of rotatable bonds is 4. The van der Waals surface area contributed by atoms with Crippen LogP contribution in [0.25, 0.3) is 0 Å². The lowest BCUT2D eigenvalue weighted by atomic mass is 9.84. The fourth-order valence-electron chi connectivity index (χ4n) is 3.94. The molecule has 0 fully saturated rings. The molecular formula is C24H19F3N2O4S. The van der Waals surface area contributed by atoms with Gasteiger partial charge < -0.3 is 15.4 Å². The van der Waals surface area contributed by atoms with Crippen LogP contribution in [0.4, 0.5) is 23.9 Å². The van der Waals surface area contributed by atoms with Gasteiger partial charge in [-0.3, -0.25) is 9.59 Å². The van der Waals surface area contributed by atoms with Gasteiger partial charge in [0.15, 0.2) is 0 Å². The quantitative estimate of drug-likeness (QED) is 0.469. The molecule has 1 aromatic heterocycles. The van der Waals surface area contributed by atoms with Crippen LogP contribution in [0.15, 0.2) is 48.5 Å². The minimum Gasteiger partial charge on any atom is -0.465 e. The number of thiophene rings is 1. The summed E-state index contributed by atoms with van der Waals surface area (Å²) in [6, 6.07) is 11.1. The van der Waals surface area contributed by atoms with Crippen molar-refractivity contribution in [3.8, 4) is 0 Å². The van der Waals surface area contributed by atoms with E-state index in [2.05, 4.69) is 10.6 Å². The van der Waals surface area contributed by atoms with E-state index in [-0.39, 0.29) is 23.9 Å². The first kappa shape index (κ1) is 23.5. The lowest BCUT2D eigenvalue weighted by Gasteiger charge is -2.24. The van der Waals surface area contributed by atoms with Gasteiger partial charge in [0.2, 0.25) is 5.91 Å². The van der Waals surface area contributed by atoms with Crippen LogP contribution >= 0.6 is 11.3 Å². The molecule has 0 radical (unpaired) electrons. The topological polar surface area (TPSA) is 84.5 Å². The minimum absolute atomic E-state index is 0.0181. The highest BCUT2D eigenvalue weighted by Crippen LogP contribution is 2.45. The Hall–Kier alpha value is -3.66. The van der Waals surface area contributed by atoms with E-state index in [1.54, 1.807) is 31.2 Å². The monoisotopic (exact) mass is 488 g/mol. The van der Waals surface area contributed by atoms with Crippen LogP contribution < -0.4 is 10.6 Å². The van der Waals surface area contributed by atoms with E-state index in [4.69, 9.17) is 4.74 Å². The minimum atomic E-state index is -4.53. The molecule has 0 saturated heterocycles. The lowest BCUT2D eigenvalue weighted by molar-refractivity contribution is -0.137. The molecule has 2 N–H and O–H groups in total. The van der Waals surface area contributed by atoms with Crippen LogP contribution in [0, 0.1) is 6.92 Å². The third kappa shape index (κ3) is 4.54. The molecule has 176 valence electrons. The van der Waals surface area contributed by atoms with Gasteiger partial charge in [0, 0.05) is 18.0 Å². The number of nitrogens with one attached hydrogen (secondary N) is 2. The molecule has 1 aliphatic rings. The lowest BCUT2D eigenvalue weighted by Crippen LogP contribution is -2.22. The molecule has 3 aromatic rings. The van der Waals surface area contributed by atoms with Crippen molar-refractivity contribution in [3.05, 3.63) is 81.2 Å². The van der Waals surface area contributed by atoms with E-state index < -0.39 is 23.6 Å². The molecule has 0 spiro atoms. The SMILES string of the molecule is COC(=O)c1ccc([C@@H]2CC(=O)Nc3sc(C(=O)Nc4cccc(C(F)(F)F)c4)c(C)c32)cc1. The maximum absolute atomic E-state index is 13.0. The highest BCUT2D eigenvalue weighted by molar-refractivity contribution is 7.18. The van der Waals surface area contributed by atoms with E-state index in [0.717, 1.165) is 34.6 Å². The summed E-state index contributed by atoms with van der Waals surface area (Å²) in [6.45, 7) is 1.74. The summed E-state index contributed by atoms with van der Waals surface area (Å²) in [5.74, 6) is -1.61. The maximum atomic E-state index is 13.0. The number of carbonyl (C=O) groups excluding carboxylic acids is 3. The Morgan fingerprint density at radius 3 is 2.50 bits per heavy atom. The molecule has 1 atom stereocenters. The zero-order valence-corrected chi connectivity index (χ0v) is 18.9. The Balaban J connectivity index is 1.65. The smallest absolute Gasteiger partial charge is 0.416 e. The van der Waals surface area contributed by atoms with Gasteiger partial charge in [-0.25, -0.2) is 4.79 Å². The molecule has 2 aromatic carbocycles. The second-order valence-corrected chi connectivity index (χ2v) is 8.77. The summed E-state index contributed by atoms with van der Waals surface area (Å²) in [5, 5.41) is 5.82. The second kappa shape index (κ2) is 8.94. The number of esters is 1. The number of anilines is 2. The zero-order chi connectivity index (χ0) is 24.6. The third-order valence-electron chi connectivity index (χ3n) is 5.57. The molecule has 34 heavy (non-hydrogen) atoms. The molecule has 6 nitrogen and oxygen atoms in total. The number of ether oxygens (including phenoxy) is 1. The van der Waals surface area contributed by atoms with Crippen molar-refractivity contribution in [1.82, 2.24) is 0 Å². The summed E-state index contributed by atoms with van der Waals surface area (Å²) in [7, 11) is 1.29. The van der Waals surface area contributed by atoms with Crippen molar-refractivity contribution < 1.29 is 32.3 Å². The Kier molecular flexibility index (Phi) is 6.18. The zero-order valence-electron chi connectivity index (χ0n) is 18.1. The Labute approximate surface area is 196 Å². The standard InChI is InChI=1S/C24H19F3N2O4S/c1-12-19-17(13-6-8-14(9-7-13)23(32)33-2)11-18(30)29-22(19)34-20(12)21(31)28-16-5-3-4-15(10-16)24(25,26)27/h3-10,17H,11H2,1-2H3,(H,28,31)(H,29,30)/t17-/m0/s1. The summed E-state index contributed by atoms with van der Waals surface area (Å²) < 4.78 is 43.7. The predicted molar refractivity (Wildman–Crippen MR) is 121 cm³/mol. The van der Waals surface area contributed by atoms with Gasteiger partial charge >= 0.3 is 12.1 Å². The average molecular weight is 488 g/mol. The van der Waals surface area contributed by atoms with Crippen LogP contribution in [0.2, 0.25) is 0 Å². The van der Waals surface area contributed by atoms with Crippen molar-refractivity contribution in [3.63, 3.8) is 0 Å². The Bertz CT molecular complexity index is 1280. The van der Waals surface area contributed by atoms with E-state index >= 15 is 0 Å². The van der Waals surface area contributed by atoms with E-state index in [0.29, 0.717) is 21.0 Å². The molecule has 1 aliphatic heterocycles. The molecule has 0 aliphatic carbocycles. The fraction of sp³-hybridized carbons (Fsp3) is 0.208. The van der Waals surface area contributed by atoms with Crippen LogP contribution in [0.1, 0.15) is 54.6 Å². The number of hydrogen-bond donors (Lipinski definition) is 2. The number of halogens is 3. The largest absolute Gasteiger partial charge is 0.465 e.